The SMILES string of the molecule is N#Cc1ccc(-c2nc3c(-c4ccccc4)cc4c(-c5ccccc5C#N)nc5ccccc5c4c3nc2-c2ccc(C#N)cc2)cc1. The van der Waals surface area contributed by atoms with Crippen molar-refractivity contribution in [3.8, 4) is 63.1 Å². The highest BCUT2D eigenvalue weighted by molar-refractivity contribution is 6.24. The topological polar surface area (TPSA) is 110 Å². The normalized spacial score (nSPS) is 10.9. The van der Waals surface area contributed by atoms with E-state index in [-0.39, 0.29) is 0 Å². The van der Waals surface area contributed by atoms with Gasteiger partial charge in [-0.1, -0.05) is 91.0 Å². The summed E-state index contributed by atoms with van der Waals surface area (Å²) in [4.78, 5) is 16.0. The maximum atomic E-state index is 10.1. The Balaban J connectivity index is 1.59. The van der Waals surface area contributed by atoms with Crippen LogP contribution in [0.25, 0.3) is 77.6 Å². The van der Waals surface area contributed by atoms with Crippen LogP contribution in [0.15, 0.2) is 133 Å². The lowest BCUT2D eigenvalue weighted by Crippen LogP contribution is -2.00. The number of nitrogens with zero attached hydrogens (tertiary/aromatic N) is 6. The number of hydrogen-bond acceptors (Lipinski definition) is 6. The fourth-order valence-corrected chi connectivity index (χ4v) is 6.27. The first-order valence-corrected chi connectivity index (χ1v) is 15.3. The van der Waals surface area contributed by atoms with E-state index in [4.69, 9.17) is 15.0 Å². The standard InChI is InChI=1S/C42H22N6/c43-23-26-14-18-29(19-15-26)38-39(30-20-16-27(24-44)17-21-30)48-42-37-33-12-6-7-13-36(33)46-40(32-11-5-4-10-31(32)25-45)35(37)22-34(41(42)47-38)28-8-2-1-3-9-28/h1-22H. The van der Waals surface area contributed by atoms with Gasteiger partial charge < -0.3 is 0 Å². The first-order chi connectivity index (χ1) is 23.7. The molecule has 0 bridgehead atoms. The minimum atomic E-state index is 0.531. The molecule has 0 fully saturated rings. The van der Waals surface area contributed by atoms with Crippen molar-refractivity contribution in [3.05, 3.63) is 150 Å². The van der Waals surface area contributed by atoms with Gasteiger partial charge in [-0.25, -0.2) is 15.0 Å². The van der Waals surface area contributed by atoms with Crippen molar-refractivity contribution in [1.82, 2.24) is 15.0 Å². The molecule has 2 heterocycles. The van der Waals surface area contributed by atoms with Gasteiger partial charge in [0.25, 0.3) is 0 Å². The molecule has 0 atom stereocenters. The highest BCUT2D eigenvalue weighted by Crippen LogP contribution is 2.43. The molecule has 220 valence electrons. The van der Waals surface area contributed by atoms with Gasteiger partial charge >= 0.3 is 0 Å². The van der Waals surface area contributed by atoms with Crippen LogP contribution in [0, 0.1) is 34.0 Å². The van der Waals surface area contributed by atoms with Crippen molar-refractivity contribution >= 4 is 32.7 Å². The molecule has 8 aromatic rings. The summed E-state index contributed by atoms with van der Waals surface area (Å²) in [6.07, 6.45) is 0. The van der Waals surface area contributed by atoms with E-state index in [2.05, 4.69) is 36.4 Å². The quantitative estimate of drug-likeness (QED) is 0.184. The number of pyridine rings is 1. The number of benzene rings is 6. The van der Waals surface area contributed by atoms with Crippen LogP contribution >= 0.6 is 0 Å². The predicted octanol–water partition coefficient (Wildman–Crippen LogP) is 9.61. The average Bonchev–Trinajstić information content (AvgIpc) is 3.17. The summed E-state index contributed by atoms with van der Waals surface area (Å²) in [6, 6.07) is 49.1. The van der Waals surface area contributed by atoms with Crippen molar-refractivity contribution in [2.45, 2.75) is 0 Å². The van der Waals surface area contributed by atoms with Crippen LogP contribution in [-0.4, -0.2) is 15.0 Å². The van der Waals surface area contributed by atoms with Crippen molar-refractivity contribution < 1.29 is 0 Å². The van der Waals surface area contributed by atoms with E-state index in [1.807, 2.05) is 91.0 Å². The molecule has 0 saturated heterocycles. The Bertz CT molecular complexity index is 2680. The van der Waals surface area contributed by atoms with Gasteiger partial charge in [0, 0.05) is 38.4 Å². The molecule has 0 aliphatic carbocycles. The Morgan fingerprint density at radius 2 is 1.00 bits per heavy atom. The van der Waals surface area contributed by atoms with Gasteiger partial charge in [-0.05, 0) is 48.0 Å². The second kappa shape index (κ2) is 11.6. The Kier molecular flexibility index (Phi) is 6.85. The molecule has 0 spiro atoms. The monoisotopic (exact) mass is 610 g/mol. The van der Waals surface area contributed by atoms with E-state index in [1.54, 1.807) is 24.3 Å². The third-order valence-electron chi connectivity index (χ3n) is 8.57. The van der Waals surface area contributed by atoms with E-state index in [0.29, 0.717) is 44.8 Å². The van der Waals surface area contributed by atoms with Crippen LogP contribution in [0.3, 0.4) is 0 Å². The smallest absolute Gasteiger partial charge is 0.0998 e. The third-order valence-corrected chi connectivity index (χ3v) is 8.57. The maximum Gasteiger partial charge on any atom is 0.0998 e. The molecular formula is C42H22N6. The molecule has 2 aromatic heterocycles. The van der Waals surface area contributed by atoms with Gasteiger partial charge in [-0.3, -0.25) is 0 Å². The van der Waals surface area contributed by atoms with Crippen molar-refractivity contribution in [2.24, 2.45) is 0 Å². The Labute approximate surface area is 276 Å². The summed E-state index contributed by atoms with van der Waals surface area (Å²) in [6.45, 7) is 0. The second-order valence-corrected chi connectivity index (χ2v) is 11.3. The summed E-state index contributed by atoms with van der Waals surface area (Å²) in [7, 11) is 0. The number of fused-ring (bicyclic) bond motifs is 5. The van der Waals surface area contributed by atoms with Crippen LogP contribution in [0.1, 0.15) is 16.7 Å². The highest BCUT2D eigenvalue weighted by atomic mass is 14.8. The largest absolute Gasteiger partial charge is 0.247 e. The summed E-state index contributed by atoms with van der Waals surface area (Å²) in [5.74, 6) is 0. The minimum Gasteiger partial charge on any atom is -0.247 e. The van der Waals surface area contributed by atoms with Crippen molar-refractivity contribution in [1.29, 1.82) is 15.8 Å². The van der Waals surface area contributed by atoms with Gasteiger partial charge in [0.15, 0.2) is 0 Å². The zero-order chi connectivity index (χ0) is 32.6. The molecular weight excluding hydrogens is 589 g/mol. The van der Waals surface area contributed by atoms with Crippen molar-refractivity contribution in [3.63, 3.8) is 0 Å². The number of nitriles is 3. The third kappa shape index (κ3) is 4.68. The summed E-state index contributed by atoms with van der Waals surface area (Å²) < 4.78 is 0. The van der Waals surface area contributed by atoms with E-state index in [1.165, 1.54) is 0 Å². The zero-order valence-corrected chi connectivity index (χ0v) is 25.4. The first-order valence-electron chi connectivity index (χ1n) is 15.3. The van der Waals surface area contributed by atoms with Gasteiger partial charge in [-0.15, -0.1) is 0 Å². The van der Waals surface area contributed by atoms with Crippen LogP contribution in [0.5, 0.6) is 0 Å². The molecule has 0 radical (unpaired) electrons. The minimum absolute atomic E-state index is 0.531. The summed E-state index contributed by atoms with van der Waals surface area (Å²) in [5, 5.41) is 31.7. The number of para-hydroxylation sites is 1. The molecule has 48 heavy (non-hydrogen) atoms. The van der Waals surface area contributed by atoms with E-state index >= 15 is 0 Å². The van der Waals surface area contributed by atoms with Crippen LogP contribution in [-0.2, 0) is 0 Å². The first kappa shape index (κ1) is 28.3. The van der Waals surface area contributed by atoms with Gasteiger partial charge in [0.05, 0.1) is 68.5 Å². The Morgan fingerprint density at radius 3 is 1.65 bits per heavy atom. The fourth-order valence-electron chi connectivity index (χ4n) is 6.27. The summed E-state index contributed by atoms with van der Waals surface area (Å²) >= 11 is 0. The molecule has 6 aromatic carbocycles. The van der Waals surface area contributed by atoms with E-state index in [0.717, 1.165) is 49.5 Å². The Morgan fingerprint density at radius 1 is 0.417 bits per heavy atom. The lowest BCUT2D eigenvalue weighted by molar-refractivity contribution is 1.30. The van der Waals surface area contributed by atoms with Gasteiger partial charge in [0.2, 0.25) is 0 Å². The van der Waals surface area contributed by atoms with Crippen molar-refractivity contribution in [2.75, 3.05) is 0 Å². The molecule has 0 unspecified atom stereocenters. The van der Waals surface area contributed by atoms with Crippen LogP contribution in [0.4, 0.5) is 0 Å². The molecule has 0 amide bonds. The van der Waals surface area contributed by atoms with Gasteiger partial charge in [-0.2, -0.15) is 15.8 Å². The lowest BCUT2D eigenvalue weighted by atomic mass is 9.92. The molecule has 0 aliphatic rings. The zero-order valence-electron chi connectivity index (χ0n) is 25.4. The molecule has 6 heteroatoms. The maximum absolute atomic E-state index is 10.1. The second-order valence-electron chi connectivity index (χ2n) is 11.3. The van der Waals surface area contributed by atoms with Crippen LogP contribution < -0.4 is 0 Å². The Hall–Kier alpha value is -7.20. The predicted molar refractivity (Wildman–Crippen MR) is 188 cm³/mol. The van der Waals surface area contributed by atoms with Gasteiger partial charge in [0.1, 0.15) is 0 Å². The van der Waals surface area contributed by atoms with Crippen LogP contribution in [0.2, 0.25) is 0 Å². The molecule has 8 rings (SSSR count). The molecule has 6 nitrogen and oxygen atoms in total. The number of aromatic nitrogens is 3. The van der Waals surface area contributed by atoms with E-state index in [9.17, 15) is 15.8 Å². The fraction of sp³-hybridized carbons (Fsp3) is 0. The number of rotatable bonds is 4. The van der Waals surface area contributed by atoms with E-state index < -0.39 is 0 Å². The molecule has 0 N–H and O–H groups in total. The highest BCUT2D eigenvalue weighted by Gasteiger charge is 2.22. The molecule has 0 saturated carbocycles. The average molecular weight is 611 g/mol. The lowest BCUT2D eigenvalue weighted by Gasteiger charge is -2.18. The molecule has 0 aliphatic heterocycles. The number of hydrogen-bond donors (Lipinski definition) is 0. The summed E-state index contributed by atoms with van der Waals surface area (Å²) in [5.41, 5.74) is 9.98.